The summed E-state index contributed by atoms with van der Waals surface area (Å²) in [5, 5.41) is 3.69. The fourth-order valence-electron chi connectivity index (χ4n) is 2.93. The number of hydrogen-bond acceptors (Lipinski definition) is 5. The van der Waals surface area contributed by atoms with E-state index >= 15 is 0 Å². The number of aromatic nitrogens is 1. The van der Waals surface area contributed by atoms with E-state index in [1.165, 1.54) is 11.3 Å². The molecule has 3 heterocycles. The highest BCUT2D eigenvalue weighted by molar-refractivity contribution is 7.93. The molecule has 3 rings (SSSR count). The first-order valence-corrected chi connectivity index (χ1v) is 10.7. The molecule has 0 aliphatic carbocycles. The van der Waals surface area contributed by atoms with Gasteiger partial charge in [-0.3, -0.25) is 4.98 Å². The minimum absolute atomic E-state index is 0.0290. The highest BCUT2D eigenvalue weighted by atomic mass is 32.2. The smallest absolute Gasteiger partial charge is 0.317 e. The minimum atomic E-state index is -3.59. The maximum Gasteiger partial charge on any atom is 0.317 e. The quantitative estimate of drug-likeness (QED) is 0.866. The van der Waals surface area contributed by atoms with Crippen LogP contribution in [0.5, 0.6) is 0 Å². The second kappa shape index (κ2) is 7.97. The molecule has 2 amide bonds. The highest BCUT2D eigenvalue weighted by Gasteiger charge is 2.31. The van der Waals surface area contributed by atoms with Crippen LogP contribution in [0.3, 0.4) is 0 Å². The fourth-order valence-corrected chi connectivity index (χ4v) is 5.78. The first kappa shape index (κ1) is 17.9. The number of amides is 2. The number of hydrogen-bond donors (Lipinski definition) is 1. The molecule has 1 aliphatic heterocycles. The van der Waals surface area contributed by atoms with E-state index in [9.17, 15) is 13.2 Å². The fraction of sp³-hybridized carbons (Fsp3) is 0.412. The lowest BCUT2D eigenvalue weighted by Gasteiger charge is -2.27. The average Bonchev–Trinajstić information content (AvgIpc) is 3.19. The van der Waals surface area contributed by atoms with E-state index in [-0.39, 0.29) is 12.6 Å². The van der Waals surface area contributed by atoms with Crippen molar-refractivity contribution in [2.24, 2.45) is 0 Å². The van der Waals surface area contributed by atoms with Crippen molar-refractivity contribution < 1.29 is 13.2 Å². The normalized spacial score (nSPS) is 16.4. The van der Waals surface area contributed by atoms with Gasteiger partial charge in [0, 0.05) is 32.0 Å². The summed E-state index contributed by atoms with van der Waals surface area (Å²) < 4.78 is 26.3. The van der Waals surface area contributed by atoms with Crippen LogP contribution in [0.25, 0.3) is 0 Å². The summed E-state index contributed by atoms with van der Waals surface area (Å²) in [6.45, 7) is 1.48. The van der Waals surface area contributed by atoms with Gasteiger partial charge in [-0.1, -0.05) is 12.1 Å². The average molecular weight is 380 g/mol. The molecular weight excluding hydrogens is 358 g/mol. The Bertz CT molecular complexity index is 786. The summed E-state index contributed by atoms with van der Waals surface area (Å²) >= 11 is 1.18. The minimum Gasteiger partial charge on any atom is -0.336 e. The van der Waals surface area contributed by atoms with Crippen molar-refractivity contribution in [2.45, 2.75) is 28.7 Å². The van der Waals surface area contributed by atoms with Crippen LogP contribution in [0, 0.1) is 0 Å². The molecule has 6 nitrogen and oxygen atoms in total. The van der Waals surface area contributed by atoms with E-state index in [0.29, 0.717) is 9.77 Å². The van der Waals surface area contributed by atoms with Gasteiger partial charge in [-0.05, 0) is 42.3 Å². The van der Waals surface area contributed by atoms with Crippen LogP contribution in [-0.4, -0.2) is 44.0 Å². The molecule has 134 valence electrons. The molecule has 0 bridgehead atoms. The Labute approximate surface area is 151 Å². The molecule has 2 aromatic heterocycles. The van der Waals surface area contributed by atoms with Crippen molar-refractivity contribution in [2.75, 3.05) is 19.6 Å². The molecule has 1 saturated heterocycles. The Morgan fingerprint density at radius 2 is 2.04 bits per heavy atom. The number of sulfone groups is 1. The lowest BCUT2D eigenvalue weighted by molar-refractivity contribution is 0.186. The van der Waals surface area contributed by atoms with Crippen molar-refractivity contribution in [3.63, 3.8) is 0 Å². The number of carbonyl (C=O) groups excluding carboxylic acids is 1. The van der Waals surface area contributed by atoms with Crippen molar-refractivity contribution in [1.82, 2.24) is 15.2 Å². The number of pyridine rings is 1. The third-order valence-corrected chi connectivity index (χ3v) is 7.82. The Balaban J connectivity index is 1.79. The summed E-state index contributed by atoms with van der Waals surface area (Å²) in [7, 11) is -3.59. The van der Waals surface area contributed by atoms with E-state index in [2.05, 4.69) is 10.3 Å². The van der Waals surface area contributed by atoms with E-state index < -0.39 is 15.1 Å². The van der Waals surface area contributed by atoms with Gasteiger partial charge in [0.15, 0.2) is 9.84 Å². The molecule has 2 aromatic rings. The number of likely N-dealkylation sites (tertiary alicyclic amines) is 1. The van der Waals surface area contributed by atoms with Crippen LogP contribution in [0.15, 0.2) is 46.2 Å². The first-order valence-electron chi connectivity index (χ1n) is 8.29. The van der Waals surface area contributed by atoms with Crippen molar-refractivity contribution in [3.05, 3.63) is 47.6 Å². The van der Waals surface area contributed by atoms with Crippen molar-refractivity contribution >= 4 is 27.2 Å². The predicted molar refractivity (Wildman–Crippen MR) is 97.3 cm³/mol. The monoisotopic (exact) mass is 379 g/mol. The van der Waals surface area contributed by atoms with Crippen LogP contribution < -0.4 is 5.32 Å². The van der Waals surface area contributed by atoms with E-state index in [0.717, 1.165) is 32.4 Å². The molecule has 0 aromatic carbocycles. The zero-order chi connectivity index (χ0) is 17.7. The van der Waals surface area contributed by atoms with E-state index in [1.54, 1.807) is 46.9 Å². The van der Waals surface area contributed by atoms with Gasteiger partial charge in [-0.25, -0.2) is 13.2 Å². The maximum atomic E-state index is 13.0. The van der Waals surface area contributed by atoms with Gasteiger partial charge in [0.05, 0.1) is 0 Å². The number of nitrogens with one attached hydrogen (secondary N) is 1. The standard InChI is InChI=1S/C17H21N3O3S2/c21-17(20-9-2-1-3-10-20)19-13-15(14-6-4-8-18-12-14)25(22,23)16-7-5-11-24-16/h4-8,11-12,15H,1-3,9-10,13H2,(H,19,21)/t15-/m0/s1. The summed E-state index contributed by atoms with van der Waals surface area (Å²) in [5.41, 5.74) is 0.579. The third kappa shape index (κ3) is 4.19. The highest BCUT2D eigenvalue weighted by Crippen LogP contribution is 2.30. The molecule has 0 unspecified atom stereocenters. The van der Waals surface area contributed by atoms with Crippen molar-refractivity contribution in [1.29, 1.82) is 0 Å². The second-order valence-electron chi connectivity index (χ2n) is 5.99. The van der Waals surface area contributed by atoms with Crippen LogP contribution >= 0.6 is 11.3 Å². The molecule has 25 heavy (non-hydrogen) atoms. The Morgan fingerprint density at radius 3 is 2.68 bits per heavy atom. The largest absolute Gasteiger partial charge is 0.336 e. The number of thiophene rings is 1. The zero-order valence-corrected chi connectivity index (χ0v) is 15.4. The van der Waals surface area contributed by atoms with Crippen LogP contribution in [-0.2, 0) is 9.84 Å². The molecule has 1 fully saturated rings. The molecule has 0 radical (unpaired) electrons. The van der Waals surface area contributed by atoms with Crippen LogP contribution in [0.1, 0.15) is 30.1 Å². The summed E-state index contributed by atoms with van der Waals surface area (Å²) in [4.78, 5) is 18.1. The molecule has 1 N–H and O–H groups in total. The van der Waals surface area contributed by atoms with Gasteiger partial charge < -0.3 is 10.2 Å². The first-order chi connectivity index (χ1) is 12.1. The number of carbonyl (C=O) groups is 1. The van der Waals surface area contributed by atoms with Gasteiger partial charge in [0.1, 0.15) is 9.46 Å². The van der Waals surface area contributed by atoms with E-state index in [4.69, 9.17) is 0 Å². The molecular formula is C17H21N3O3S2. The van der Waals surface area contributed by atoms with Gasteiger partial charge in [0.25, 0.3) is 0 Å². The van der Waals surface area contributed by atoms with Crippen LogP contribution in [0.4, 0.5) is 4.79 Å². The lowest BCUT2D eigenvalue weighted by Crippen LogP contribution is -2.44. The Kier molecular flexibility index (Phi) is 5.70. The summed E-state index contributed by atoms with van der Waals surface area (Å²) in [6.07, 6.45) is 6.27. The van der Waals surface area contributed by atoms with Crippen LogP contribution in [0.2, 0.25) is 0 Å². The number of nitrogens with zero attached hydrogens (tertiary/aromatic N) is 2. The topological polar surface area (TPSA) is 79.4 Å². The molecule has 0 spiro atoms. The number of rotatable bonds is 5. The maximum absolute atomic E-state index is 13.0. The van der Waals surface area contributed by atoms with Gasteiger partial charge in [0.2, 0.25) is 0 Å². The number of piperidine rings is 1. The molecule has 1 atom stereocenters. The molecule has 1 aliphatic rings. The SMILES string of the molecule is O=C(NC[C@@H](c1cccnc1)S(=O)(=O)c1cccs1)N1CCCCC1. The Hall–Kier alpha value is -1.93. The third-order valence-electron chi connectivity index (χ3n) is 4.29. The molecule has 8 heteroatoms. The zero-order valence-electron chi connectivity index (χ0n) is 13.8. The summed E-state index contributed by atoms with van der Waals surface area (Å²) in [6, 6.07) is 6.55. The van der Waals surface area contributed by atoms with E-state index in [1.807, 2.05) is 0 Å². The summed E-state index contributed by atoms with van der Waals surface area (Å²) in [5.74, 6) is 0. The predicted octanol–water partition coefficient (Wildman–Crippen LogP) is 2.85. The van der Waals surface area contributed by atoms with Crippen molar-refractivity contribution in [3.8, 4) is 0 Å². The van der Waals surface area contributed by atoms with Gasteiger partial charge >= 0.3 is 6.03 Å². The number of urea groups is 1. The lowest BCUT2D eigenvalue weighted by atomic mass is 10.1. The Morgan fingerprint density at radius 1 is 1.24 bits per heavy atom. The van der Waals surface area contributed by atoms with Gasteiger partial charge in [-0.2, -0.15) is 0 Å². The van der Waals surface area contributed by atoms with Gasteiger partial charge in [-0.15, -0.1) is 11.3 Å². The molecule has 0 saturated carbocycles. The second-order valence-corrected chi connectivity index (χ2v) is 9.29.